The predicted octanol–water partition coefficient (Wildman–Crippen LogP) is 3.38. The largest absolute Gasteiger partial charge is 0.451 e. The van der Waals surface area contributed by atoms with Crippen LogP contribution in [0.4, 0.5) is 10.3 Å². The second-order valence-electron chi connectivity index (χ2n) is 4.24. The molecule has 1 N–H and O–H groups in total. The van der Waals surface area contributed by atoms with Gasteiger partial charge in [-0.1, -0.05) is 12.1 Å². The van der Waals surface area contributed by atoms with Crippen LogP contribution in [0.1, 0.15) is 5.69 Å². The molecule has 0 saturated heterocycles. The number of hydrogen-bond donors (Lipinski definition) is 1. The molecule has 0 aliphatic carbocycles. The first-order valence-corrected chi connectivity index (χ1v) is 5.89. The van der Waals surface area contributed by atoms with E-state index in [0.717, 1.165) is 11.1 Å². The molecule has 2 heterocycles. The highest BCUT2D eigenvalue weighted by atomic mass is 19.1. The second kappa shape index (κ2) is 4.35. The number of nitrogens with one attached hydrogen (secondary N) is 1. The molecule has 0 fully saturated rings. The van der Waals surface area contributed by atoms with Gasteiger partial charge in [0.2, 0.25) is 5.95 Å². The molecule has 3 rings (SSSR count). The van der Waals surface area contributed by atoms with Gasteiger partial charge in [-0.3, -0.25) is 0 Å². The van der Waals surface area contributed by atoms with E-state index in [9.17, 15) is 4.39 Å². The second-order valence-corrected chi connectivity index (χ2v) is 4.24. The minimum Gasteiger partial charge on any atom is -0.451 e. The zero-order chi connectivity index (χ0) is 13.4. The number of nitrogens with zero attached hydrogens (tertiary/aromatic N) is 2. The Morgan fingerprint density at radius 2 is 2.05 bits per heavy atom. The number of fused-ring (bicyclic) bond motifs is 1. The Kier molecular flexibility index (Phi) is 2.67. The highest BCUT2D eigenvalue weighted by molar-refractivity contribution is 5.82. The first kappa shape index (κ1) is 11.6. The van der Waals surface area contributed by atoms with Gasteiger partial charge in [-0.05, 0) is 25.1 Å². The average Bonchev–Trinajstić information content (AvgIpc) is 2.83. The molecular formula is C14H12FN3O. The zero-order valence-electron chi connectivity index (χ0n) is 10.6. The third-order valence-corrected chi connectivity index (χ3v) is 2.83. The van der Waals surface area contributed by atoms with Gasteiger partial charge < -0.3 is 9.73 Å². The summed E-state index contributed by atoms with van der Waals surface area (Å²) in [5.41, 5.74) is 1.70. The van der Waals surface area contributed by atoms with E-state index in [4.69, 9.17) is 4.42 Å². The van der Waals surface area contributed by atoms with Gasteiger partial charge in [-0.25, -0.2) is 14.4 Å². The minimum atomic E-state index is -0.372. The van der Waals surface area contributed by atoms with E-state index < -0.39 is 0 Å². The Morgan fingerprint density at radius 3 is 2.79 bits per heavy atom. The zero-order valence-corrected chi connectivity index (χ0v) is 10.6. The van der Waals surface area contributed by atoms with Crippen molar-refractivity contribution in [2.24, 2.45) is 0 Å². The van der Waals surface area contributed by atoms with Gasteiger partial charge >= 0.3 is 0 Å². The quantitative estimate of drug-likeness (QED) is 0.764. The topological polar surface area (TPSA) is 51.0 Å². The molecule has 5 heteroatoms. The molecular weight excluding hydrogens is 245 g/mol. The van der Waals surface area contributed by atoms with E-state index in [1.54, 1.807) is 31.3 Å². The molecule has 0 bridgehead atoms. The molecule has 96 valence electrons. The van der Waals surface area contributed by atoms with Crippen molar-refractivity contribution in [1.82, 2.24) is 9.97 Å². The van der Waals surface area contributed by atoms with E-state index in [1.807, 2.05) is 6.92 Å². The predicted molar refractivity (Wildman–Crippen MR) is 71.5 cm³/mol. The molecule has 0 atom stereocenters. The fraction of sp³-hybridized carbons (Fsp3) is 0.143. The summed E-state index contributed by atoms with van der Waals surface area (Å²) in [4.78, 5) is 8.52. The Morgan fingerprint density at radius 1 is 1.21 bits per heavy atom. The van der Waals surface area contributed by atoms with Crippen LogP contribution in [0.2, 0.25) is 0 Å². The number of anilines is 1. The molecule has 0 unspecified atom stereocenters. The number of halogens is 1. The maximum atomic E-state index is 13.6. The summed E-state index contributed by atoms with van der Waals surface area (Å²) in [6.45, 7) is 1.87. The Hall–Kier alpha value is -2.43. The molecule has 0 amide bonds. The van der Waals surface area contributed by atoms with Crippen molar-refractivity contribution in [3.63, 3.8) is 0 Å². The van der Waals surface area contributed by atoms with Crippen molar-refractivity contribution in [3.05, 3.63) is 41.8 Å². The van der Waals surface area contributed by atoms with Gasteiger partial charge in [-0.2, -0.15) is 0 Å². The maximum absolute atomic E-state index is 13.6. The molecule has 3 aromatic rings. The van der Waals surface area contributed by atoms with Crippen LogP contribution in [0.15, 0.2) is 34.7 Å². The first-order valence-electron chi connectivity index (χ1n) is 5.89. The van der Waals surface area contributed by atoms with Crippen molar-refractivity contribution in [1.29, 1.82) is 0 Å². The molecule has 0 spiro atoms. The SMILES string of the molecule is CNc1nc(C)cc(-c2cc3cccc(F)c3o2)n1. The van der Waals surface area contributed by atoms with Crippen LogP contribution in [0.3, 0.4) is 0 Å². The van der Waals surface area contributed by atoms with Gasteiger partial charge in [0.25, 0.3) is 0 Å². The number of aryl methyl sites for hydroxylation is 1. The van der Waals surface area contributed by atoms with Crippen molar-refractivity contribution >= 4 is 16.9 Å². The number of benzene rings is 1. The van der Waals surface area contributed by atoms with Crippen molar-refractivity contribution in [2.45, 2.75) is 6.92 Å². The fourth-order valence-corrected chi connectivity index (χ4v) is 1.96. The lowest BCUT2D eigenvalue weighted by atomic mass is 10.2. The smallest absolute Gasteiger partial charge is 0.223 e. The van der Waals surface area contributed by atoms with Gasteiger partial charge in [0, 0.05) is 18.1 Å². The minimum absolute atomic E-state index is 0.250. The lowest BCUT2D eigenvalue weighted by Crippen LogP contribution is -1.98. The molecule has 0 aliphatic rings. The molecule has 0 saturated carbocycles. The number of aromatic nitrogens is 2. The Balaban J connectivity index is 2.19. The Bertz CT molecular complexity index is 752. The van der Waals surface area contributed by atoms with Crippen LogP contribution in [0.5, 0.6) is 0 Å². The third-order valence-electron chi connectivity index (χ3n) is 2.83. The average molecular weight is 257 g/mol. The van der Waals surface area contributed by atoms with Gasteiger partial charge in [0.15, 0.2) is 17.2 Å². The van der Waals surface area contributed by atoms with Crippen molar-refractivity contribution < 1.29 is 8.81 Å². The van der Waals surface area contributed by atoms with E-state index >= 15 is 0 Å². The summed E-state index contributed by atoms with van der Waals surface area (Å²) in [6.07, 6.45) is 0. The Labute approximate surface area is 109 Å². The molecule has 2 aromatic heterocycles. The van der Waals surface area contributed by atoms with E-state index in [2.05, 4.69) is 15.3 Å². The van der Waals surface area contributed by atoms with E-state index in [0.29, 0.717) is 17.4 Å². The van der Waals surface area contributed by atoms with Gasteiger partial charge in [0.1, 0.15) is 5.69 Å². The van der Waals surface area contributed by atoms with Crippen molar-refractivity contribution in [3.8, 4) is 11.5 Å². The van der Waals surface area contributed by atoms with Crippen LogP contribution in [-0.2, 0) is 0 Å². The highest BCUT2D eigenvalue weighted by Gasteiger charge is 2.12. The molecule has 19 heavy (non-hydrogen) atoms. The number of hydrogen-bond acceptors (Lipinski definition) is 4. The summed E-state index contributed by atoms with van der Waals surface area (Å²) in [6, 6.07) is 8.41. The van der Waals surface area contributed by atoms with E-state index in [1.165, 1.54) is 6.07 Å². The van der Waals surface area contributed by atoms with Crippen LogP contribution in [-0.4, -0.2) is 17.0 Å². The number of para-hydroxylation sites is 1. The summed E-state index contributed by atoms with van der Waals surface area (Å²) >= 11 is 0. The molecule has 0 aliphatic heterocycles. The lowest BCUT2D eigenvalue weighted by molar-refractivity contribution is 0.567. The summed E-state index contributed by atoms with van der Waals surface area (Å²) in [5.74, 6) is 0.668. The number of furan rings is 1. The van der Waals surface area contributed by atoms with Crippen LogP contribution in [0.25, 0.3) is 22.4 Å². The van der Waals surface area contributed by atoms with Gasteiger partial charge in [-0.15, -0.1) is 0 Å². The lowest BCUT2D eigenvalue weighted by Gasteiger charge is -2.02. The normalized spacial score (nSPS) is 10.9. The molecule has 0 radical (unpaired) electrons. The molecule has 1 aromatic carbocycles. The maximum Gasteiger partial charge on any atom is 0.223 e. The third kappa shape index (κ3) is 2.03. The number of rotatable bonds is 2. The van der Waals surface area contributed by atoms with E-state index in [-0.39, 0.29) is 11.4 Å². The fourth-order valence-electron chi connectivity index (χ4n) is 1.96. The van der Waals surface area contributed by atoms with Crippen LogP contribution < -0.4 is 5.32 Å². The first-order chi connectivity index (χ1) is 9.17. The standard InChI is InChI=1S/C14H12FN3O/c1-8-6-11(18-14(16-2)17-8)12-7-9-4-3-5-10(15)13(9)19-12/h3-7H,1-2H3,(H,16,17,18). The summed E-state index contributed by atoms with van der Waals surface area (Å²) in [7, 11) is 1.75. The monoisotopic (exact) mass is 257 g/mol. The highest BCUT2D eigenvalue weighted by Crippen LogP contribution is 2.28. The van der Waals surface area contributed by atoms with Crippen molar-refractivity contribution in [2.75, 3.05) is 12.4 Å². The summed E-state index contributed by atoms with van der Waals surface area (Å²) in [5, 5.41) is 3.60. The van der Waals surface area contributed by atoms with Crippen LogP contribution in [0, 0.1) is 12.7 Å². The molecule has 4 nitrogen and oxygen atoms in total. The van der Waals surface area contributed by atoms with Crippen LogP contribution >= 0.6 is 0 Å². The summed E-state index contributed by atoms with van der Waals surface area (Å²) < 4.78 is 19.1. The van der Waals surface area contributed by atoms with Gasteiger partial charge in [0.05, 0.1) is 0 Å².